The summed E-state index contributed by atoms with van der Waals surface area (Å²) in [5.74, 6) is 0.603. The molecule has 10 nitrogen and oxygen atoms in total. The summed E-state index contributed by atoms with van der Waals surface area (Å²) in [6.07, 6.45) is 1.30. The van der Waals surface area contributed by atoms with Gasteiger partial charge in [0.1, 0.15) is 12.9 Å². The van der Waals surface area contributed by atoms with Gasteiger partial charge in [-0.2, -0.15) is 0 Å². The van der Waals surface area contributed by atoms with Gasteiger partial charge in [0, 0.05) is 16.8 Å². The van der Waals surface area contributed by atoms with E-state index in [2.05, 4.69) is 20.6 Å². The van der Waals surface area contributed by atoms with Crippen LogP contribution < -0.4 is 20.3 Å². The lowest BCUT2D eigenvalue weighted by atomic mass is 10.2. The number of amides is 1. The third kappa shape index (κ3) is 4.40. The molecule has 0 radical (unpaired) electrons. The van der Waals surface area contributed by atoms with Crippen molar-refractivity contribution in [1.29, 1.82) is 0 Å². The number of nitrogens with zero attached hydrogens (tertiary/aromatic N) is 5. The Morgan fingerprint density at radius 1 is 1.12 bits per heavy atom. The van der Waals surface area contributed by atoms with Crippen LogP contribution in [0.15, 0.2) is 53.6 Å². The normalized spacial score (nSPS) is 10.8. The van der Waals surface area contributed by atoms with E-state index in [-0.39, 0.29) is 12.1 Å². The Balaban J connectivity index is 1.52. The number of nitrogens with one attached hydrogen (secondary N) is 1. The minimum atomic E-state index is -0.463. The number of carbonyl (C=O) groups is 1. The first-order chi connectivity index (χ1) is 15.5. The van der Waals surface area contributed by atoms with Crippen molar-refractivity contribution in [1.82, 2.24) is 24.5 Å². The van der Waals surface area contributed by atoms with Gasteiger partial charge < -0.3 is 14.8 Å². The van der Waals surface area contributed by atoms with Crippen molar-refractivity contribution in [3.63, 3.8) is 0 Å². The maximum absolute atomic E-state index is 12.8. The first kappa shape index (κ1) is 21.3. The quantitative estimate of drug-likeness (QED) is 0.456. The minimum absolute atomic E-state index is 0.0773. The zero-order valence-electron chi connectivity index (χ0n) is 17.3. The molecule has 0 spiro atoms. The monoisotopic (exact) mass is 454 g/mol. The van der Waals surface area contributed by atoms with Gasteiger partial charge in [0.2, 0.25) is 5.91 Å². The van der Waals surface area contributed by atoms with E-state index in [0.717, 1.165) is 5.56 Å². The average Bonchev–Trinajstić information content (AvgIpc) is 3.19. The van der Waals surface area contributed by atoms with Crippen molar-refractivity contribution in [2.75, 3.05) is 19.5 Å². The van der Waals surface area contributed by atoms with E-state index in [0.29, 0.717) is 34.4 Å². The van der Waals surface area contributed by atoms with E-state index < -0.39 is 11.5 Å². The fraction of sp³-hybridized carbons (Fsp3) is 0.190. The van der Waals surface area contributed by atoms with Crippen molar-refractivity contribution >= 4 is 34.4 Å². The van der Waals surface area contributed by atoms with E-state index in [1.165, 1.54) is 29.8 Å². The van der Waals surface area contributed by atoms with Gasteiger partial charge in [-0.25, -0.2) is 9.67 Å². The van der Waals surface area contributed by atoms with Gasteiger partial charge in [-0.1, -0.05) is 28.9 Å². The van der Waals surface area contributed by atoms with Gasteiger partial charge in [0.05, 0.1) is 20.8 Å². The van der Waals surface area contributed by atoms with Gasteiger partial charge in [0.25, 0.3) is 5.56 Å². The first-order valence-electron chi connectivity index (χ1n) is 9.53. The number of aromatic nitrogens is 5. The van der Waals surface area contributed by atoms with E-state index in [9.17, 15) is 9.59 Å². The summed E-state index contributed by atoms with van der Waals surface area (Å²) in [5, 5.41) is 11.3. The fourth-order valence-corrected chi connectivity index (χ4v) is 3.40. The fourth-order valence-electron chi connectivity index (χ4n) is 3.18. The second-order valence-electron chi connectivity index (χ2n) is 6.84. The van der Waals surface area contributed by atoms with E-state index in [1.807, 2.05) is 12.1 Å². The van der Waals surface area contributed by atoms with Crippen LogP contribution in [0, 0.1) is 0 Å². The van der Waals surface area contributed by atoms with E-state index in [4.69, 9.17) is 21.1 Å². The highest BCUT2D eigenvalue weighted by Gasteiger charge is 2.15. The highest BCUT2D eigenvalue weighted by Crippen LogP contribution is 2.29. The van der Waals surface area contributed by atoms with Crippen LogP contribution in [-0.4, -0.2) is 44.7 Å². The lowest BCUT2D eigenvalue weighted by Gasteiger charge is -2.11. The standard InChI is InChI=1S/C21H19ClN6O4/c1-31-16-7-6-15(9-17(16)32-2)24-18(29)11-27-12-23-20-19(21(27)30)25-26-28(20)10-13-4-3-5-14(22)8-13/h3-9,12H,10-11H2,1-2H3,(H,24,29). The molecule has 1 N–H and O–H groups in total. The summed E-state index contributed by atoms with van der Waals surface area (Å²) >= 11 is 6.02. The van der Waals surface area contributed by atoms with Crippen LogP contribution in [0.5, 0.6) is 11.5 Å². The molecule has 0 aliphatic carbocycles. The van der Waals surface area contributed by atoms with Crippen LogP contribution in [0.3, 0.4) is 0 Å². The summed E-state index contributed by atoms with van der Waals surface area (Å²) in [6, 6.07) is 12.3. The molecule has 2 heterocycles. The molecule has 0 aliphatic rings. The van der Waals surface area contributed by atoms with Crippen molar-refractivity contribution in [2.45, 2.75) is 13.1 Å². The number of hydrogen-bond donors (Lipinski definition) is 1. The van der Waals surface area contributed by atoms with Crippen molar-refractivity contribution < 1.29 is 14.3 Å². The molecule has 0 atom stereocenters. The Kier molecular flexibility index (Phi) is 6.04. The Morgan fingerprint density at radius 3 is 2.69 bits per heavy atom. The summed E-state index contributed by atoms with van der Waals surface area (Å²) in [4.78, 5) is 29.5. The SMILES string of the molecule is COc1ccc(NC(=O)Cn2cnc3c(nnn3Cc3cccc(Cl)c3)c2=O)cc1OC. The smallest absolute Gasteiger partial charge is 0.283 e. The number of hydrogen-bond acceptors (Lipinski definition) is 7. The molecule has 0 saturated carbocycles. The van der Waals surface area contributed by atoms with Crippen LogP contribution in [0.4, 0.5) is 5.69 Å². The third-order valence-electron chi connectivity index (χ3n) is 4.69. The molecule has 0 saturated heterocycles. The Labute approximate surface area is 187 Å². The van der Waals surface area contributed by atoms with Crippen LogP contribution >= 0.6 is 11.6 Å². The van der Waals surface area contributed by atoms with Crippen LogP contribution in [0.25, 0.3) is 11.2 Å². The molecule has 2 aromatic heterocycles. The molecular formula is C21H19ClN6O4. The van der Waals surface area contributed by atoms with Gasteiger partial charge >= 0.3 is 0 Å². The lowest BCUT2D eigenvalue weighted by Crippen LogP contribution is -2.28. The minimum Gasteiger partial charge on any atom is -0.493 e. The molecule has 11 heteroatoms. The molecule has 4 aromatic rings. The van der Waals surface area contributed by atoms with Crippen molar-refractivity contribution in [3.8, 4) is 11.5 Å². The van der Waals surface area contributed by atoms with E-state index in [1.54, 1.807) is 30.3 Å². The largest absolute Gasteiger partial charge is 0.493 e. The van der Waals surface area contributed by atoms with Crippen LogP contribution in [0.2, 0.25) is 5.02 Å². The van der Waals surface area contributed by atoms with Gasteiger partial charge in [-0.3, -0.25) is 14.2 Å². The molecule has 0 aliphatic heterocycles. The molecule has 0 bridgehead atoms. The molecule has 1 amide bonds. The number of methoxy groups -OCH3 is 2. The molecule has 164 valence electrons. The number of carbonyl (C=O) groups excluding carboxylic acids is 1. The zero-order chi connectivity index (χ0) is 22.7. The number of anilines is 1. The zero-order valence-corrected chi connectivity index (χ0v) is 18.0. The van der Waals surface area contributed by atoms with Gasteiger partial charge in [-0.15, -0.1) is 5.10 Å². The second kappa shape index (κ2) is 9.06. The lowest BCUT2D eigenvalue weighted by molar-refractivity contribution is -0.116. The predicted octanol–water partition coefficient (Wildman–Crippen LogP) is 2.35. The summed E-state index contributed by atoms with van der Waals surface area (Å²) in [6.45, 7) is 0.116. The van der Waals surface area contributed by atoms with Crippen LogP contribution in [0.1, 0.15) is 5.56 Å². The van der Waals surface area contributed by atoms with Crippen molar-refractivity contribution in [2.24, 2.45) is 0 Å². The molecule has 2 aromatic carbocycles. The predicted molar refractivity (Wildman–Crippen MR) is 118 cm³/mol. The molecule has 0 unspecified atom stereocenters. The Morgan fingerprint density at radius 2 is 1.94 bits per heavy atom. The summed E-state index contributed by atoms with van der Waals surface area (Å²) < 4.78 is 13.1. The molecule has 4 rings (SSSR count). The Bertz CT molecular complexity index is 1350. The average molecular weight is 455 g/mol. The number of halogens is 1. The van der Waals surface area contributed by atoms with Crippen molar-refractivity contribution in [3.05, 3.63) is 69.7 Å². The molecule has 32 heavy (non-hydrogen) atoms. The maximum atomic E-state index is 12.8. The van der Waals surface area contributed by atoms with Gasteiger partial charge in [-0.05, 0) is 29.8 Å². The molecule has 0 fully saturated rings. The highest BCUT2D eigenvalue weighted by atomic mass is 35.5. The van der Waals surface area contributed by atoms with Crippen LogP contribution in [-0.2, 0) is 17.9 Å². The first-order valence-corrected chi connectivity index (χ1v) is 9.91. The summed E-state index contributed by atoms with van der Waals surface area (Å²) in [7, 11) is 3.03. The number of benzene rings is 2. The third-order valence-corrected chi connectivity index (χ3v) is 4.93. The highest BCUT2D eigenvalue weighted by molar-refractivity contribution is 6.30. The summed E-state index contributed by atoms with van der Waals surface area (Å²) in [5.41, 5.74) is 1.33. The maximum Gasteiger partial charge on any atom is 0.283 e. The Hall–Kier alpha value is -3.92. The number of fused-ring (bicyclic) bond motifs is 1. The molecular weight excluding hydrogens is 436 g/mol. The topological polar surface area (TPSA) is 113 Å². The number of ether oxygens (including phenoxy) is 2. The van der Waals surface area contributed by atoms with Gasteiger partial charge in [0.15, 0.2) is 22.7 Å². The second-order valence-corrected chi connectivity index (χ2v) is 7.28. The number of rotatable bonds is 7. The van der Waals surface area contributed by atoms with E-state index >= 15 is 0 Å².